The minimum absolute atomic E-state index is 0.0107. The van der Waals surface area contributed by atoms with Crippen molar-refractivity contribution < 1.29 is 39.3 Å². The third kappa shape index (κ3) is 10.6. The van der Waals surface area contributed by atoms with E-state index < -0.39 is 60.2 Å². The van der Waals surface area contributed by atoms with Crippen LogP contribution in [0, 0.1) is 5.92 Å². The van der Waals surface area contributed by atoms with Crippen LogP contribution in [0.1, 0.15) is 32.3 Å². The minimum Gasteiger partial charge on any atom is -0.508 e. The highest BCUT2D eigenvalue weighted by molar-refractivity contribution is 7.80. The van der Waals surface area contributed by atoms with E-state index in [0.717, 1.165) is 0 Å². The third-order valence-electron chi connectivity index (χ3n) is 4.88. The lowest BCUT2D eigenvalue weighted by atomic mass is 10.0. The Morgan fingerprint density at radius 2 is 1.40 bits per heavy atom. The predicted octanol–water partition coefficient (Wildman–Crippen LogP) is -0.748. The lowest BCUT2D eigenvalue weighted by molar-refractivity contribution is -0.142. The van der Waals surface area contributed by atoms with Gasteiger partial charge in [0.25, 0.3) is 0 Å². The molecule has 0 radical (unpaired) electrons. The zero-order valence-corrected chi connectivity index (χ0v) is 20.3. The second-order valence-corrected chi connectivity index (χ2v) is 8.77. The molecule has 0 spiro atoms. The van der Waals surface area contributed by atoms with Crippen LogP contribution in [0.25, 0.3) is 0 Å². The van der Waals surface area contributed by atoms with Crippen molar-refractivity contribution in [1.82, 2.24) is 16.0 Å². The smallest absolute Gasteiger partial charge is 0.326 e. The van der Waals surface area contributed by atoms with Crippen molar-refractivity contribution in [3.8, 4) is 5.75 Å². The number of phenols is 1. The van der Waals surface area contributed by atoms with Gasteiger partial charge in [-0.15, -0.1) is 0 Å². The summed E-state index contributed by atoms with van der Waals surface area (Å²) < 4.78 is 0. The van der Waals surface area contributed by atoms with E-state index in [1.165, 1.54) is 24.3 Å². The van der Waals surface area contributed by atoms with Crippen molar-refractivity contribution in [2.75, 3.05) is 5.75 Å². The summed E-state index contributed by atoms with van der Waals surface area (Å²) in [6, 6.07) is 0.748. The summed E-state index contributed by atoms with van der Waals surface area (Å²) in [5.74, 6) is -5.15. The molecule has 1 aromatic rings. The molecule has 0 aliphatic rings. The molecule has 0 fully saturated rings. The molecule has 1 aromatic carbocycles. The molecule has 0 bridgehead atoms. The molecule has 12 nitrogen and oxygen atoms in total. The van der Waals surface area contributed by atoms with Crippen LogP contribution in [0.4, 0.5) is 0 Å². The fourth-order valence-electron chi connectivity index (χ4n) is 3.07. The number of rotatable bonds is 14. The number of carboxylic acid groups (broad SMARTS) is 2. The Bertz CT molecular complexity index is 909. The number of aliphatic carboxylic acids is 2. The maximum absolute atomic E-state index is 13.0. The first-order chi connectivity index (χ1) is 16.3. The van der Waals surface area contributed by atoms with E-state index in [-0.39, 0.29) is 30.3 Å². The fourth-order valence-corrected chi connectivity index (χ4v) is 3.33. The molecule has 0 heterocycles. The average molecular weight is 513 g/mol. The number of nitrogens with one attached hydrogen (secondary N) is 3. The van der Waals surface area contributed by atoms with Gasteiger partial charge in [-0.3, -0.25) is 19.2 Å². The van der Waals surface area contributed by atoms with Gasteiger partial charge < -0.3 is 37.0 Å². The van der Waals surface area contributed by atoms with Crippen molar-refractivity contribution >= 4 is 42.3 Å². The van der Waals surface area contributed by atoms with Gasteiger partial charge in [-0.25, -0.2) is 4.79 Å². The van der Waals surface area contributed by atoms with Crippen molar-refractivity contribution in [3.63, 3.8) is 0 Å². The van der Waals surface area contributed by atoms with E-state index in [9.17, 15) is 34.2 Å². The first-order valence-corrected chi connectivity index (χ1v) is 11.5. The van der Waals surface area contributed by atoms with Gasteiger partial charge in [0.2, 0.25) is 17.7 Å². The summed E-state index contributed by atoms with van der Waals surface area (Å²) in [6.07, 6.45) is -0.549. The predicted molar refractivity (Wildman–Crippen MR) is 129 cm³/mol. The largest absolute Gasteiger partial charge is 0.508 e. The highest BCUT2D eigenvalue weighted by Gasteiger charge is 2.30. The molecule has 194 valence electrons. The second kappa shape index (κ2) is 14.2. The maximum Gasteiger partial charge on any atom is 0.326 e. The average Bonchev–Trinajstić information content (AvgIpc) is 2.76. The SMILES string of the molecule is CC(C)CC(NC(=O)C(CS)NC(=O)C(Cc1ccc(O)cc1)NC(=O)C(N)CC(=O)O)C(=O)O. The van der Waals surface area contributed by atoms with Gasteiger partial charge in [0, 0.05) is 12.2 Å². The lowest BCUT2D eigenvalue weighted by Crippen LogP contribution is -2.58. The number of thiol groups is 1. The number of hydrogen-bond acceptors (Lipinski definition) is 8. The molecule has 0 saturated heterocycles. The van der Waals surface area contributed by atoms with Crippen molar-refractivity contribution in [3.05, 3.63) is 29.8 Å². The van der Waals surface area contributed by atoms with Crippen LogP contribution in [-0.2, 0) is 30.4 Å². The summed E-state index contributed by atoms with van der Waals surface area (Å²) in [7, 11) is 0. The zero-order valence-electron chi connectivity index (χ0n) is 19.4. The number of hydrogen-bond donors (Lipinski definition) is 8. The number of nitrogens with two attached hydrogens (primary N) is 1. The molecule has 3 amide bonds. The molecule has 13 heteroatoms. The Labute approximate surface area is 208 Å². The first kappa shape index (κ1) is 29.7. The van der Waals surface area contributed by atoms with Crippen molar-refractivity contribution in [2.45, 2.75) is 57.3 Å². The molecule has 4 unspecified atom stereocenters. The number of aromatic hydroxyl groups is 1. The quantitative estimate of drug-likeness (QED) is 0.147. The highest BCUT2D eigenvalue weighted by Crippen LogP contribution is 2.12. The normalized spacial score (nSPS) is 14.3. The van der Waals surface area contributed by atoms with Crippen molar-refractivity contribution in [2.24, 2.45) is 11.7 Å². The molecule has 8 N–H and O–H groups in total. The second-order valence-electron chi connectivity index (χ2n) is 8.41. The van der Waals surface area contributed by atoms with Crippen LogP contribution < -0.4 is 21.7 Å². The Balaban J connectivity index is 3.02. The molecule has 4 atom stereocenters. The van der Waals surface area contributed by atoms with Crippen LogP contribution in [0.2, 0.25) is 0 Å². The molecule has 1 rings (SSSR count). The van der Waals surface area contributed by atoms with Crippen molar-refractivity contribution in [1.29, 1.82) is 0 Å². The van der Waals surface area contributed by atoms with E-state index in [2.05, 4.69) is 28.6 Å². The van der Waals surface area contributed by atoms with Gasteiger partial charge in [0.1, 0.15) is 23.9 Å². The minimum atomic E-state index is -1.42. The van der Waals surface area contributed by atoms with Gasteiger partial charge >= 0.3 is 11.9 Å². The van der Waals surface area contributed by atoms with Crippen LogP contribution >= 0.6 is 12.6 Å². The summed E-state index contributed by atoms with van der Waals surface area (Å²) in [4.78, 5) is 60.3. The number of carboxylic acids is 2. The number of amides is 3. The first-order valence-electron chi connectivity index (χ1n) is 10.8. The summed E-state index contributed by atoms with van der Waals surface area (Å²) >= 11 is 4.07. The zero-order chi connectivity index (χ0) is 26.7. The van der Waals surface area contributed by atoms with E-state index in [4.69, 9.17) is 10.8 Å². The van der Waals surface area contributed by atoms with Crippen LogP contribution in [-0.4, -0.2) is 74.9 Å². The van der Waals surface area contributed by atoms with E-state index in [0.29, 0.717) is 5.56 Å². The molecular formula is C22H32N4O8S. The standard InChI is InChI=1S/C22H32N4O8S/c1-11(2)7-16(22(33)34)25-21(32)17(10-35)26-20(31)15(8-12-3-5-13(27)6-4-12)24-19(30)14(23)9-18(28)29/h3-6,11,14-17,27,35H,7-10,23H2,1-2H3,(H,24,30)(H,25,32)(H,26,31)(H,28,29)(H,33,34). The van der Waals surface area contributed by atoms with Crippen LogP contribution in [0.5, 0.6) is 5.75 Å². The fraction of sp³-hybridized carbons (Fsp3) is 0.500. The summed E-state index contributed by atoms with van der Waals surface area (Å²) in [5.41, 5.74) is 6.13. The Morgan fingerprint density at radius 1 is 0.886 bits per heavy atom. The molecule has 35 heavy (non-hydrogen) atoms. The number of phenolic OH excluding ortho intramolecular Hbond substituents is 1. The molecular weight excluding hydrogens is 480 g/mol. The number of carbonyl (C=O) groups is 5. The highest BCUT2D eigenvalue weighted by atomic mass is 32.1. The van der Waals surface area contributed by atoms with Gasteiger partial charge in [-0.2, -0.15) is 12.6 Å². The molecule has 0 aliphatic carbocycles. The Morgan fingerprint density at radius 3 is 1.89 bits per heavy atom. The maximum atomic E-state index is 13.0. The summed E-state index contributed by atoms with van der Waals surface area (Å²) in [5, 5.41) is 34.9. The van der Waals surface area contributed by atoms with Crippen LogP contribution in [0.3, 0.4) is 0 Å². The van der Waals surface area contributed by atoms with E-state index in [1.54, 1.807) is 13.8 Å². The van der Waals surface area contributed by atoms with Gasteiger partial charge in [-0.1, -0.05) is 26.0 Å². The number of carbonyl (C=O) groups excluding carboxylic acids is 3. The summed E-state index contributed by atoms with van der Waals surface area (Å²) in [6.45, 7) is 3.59. The Hall–Kier alpha value is -3.32. The van der Waals surface area contributed by atoms with E-state index in [1.807, 2.05) is 0 Å². The van der Waals surface area contributed by atoms with Gasteiger partial charge in [0.05, 0.1) is 12.5 Å². The number of benzene rings is 1. The molecule has 0 aromatic heterocycles. The van der Waals surface area contributed by atoms with Crippen LogP contribution in [0.15, 0.2) is 24.3 Å². The van der Waals surface area contributed by atoms with Gasteiger partial charge in [-0.05, 0) is 30.0 Å². The topological polar surface area (TPSA) is 208 Å². The van der Waals surface area contributed by atoms with Gasteiger partial charge in [0.15, 0.2) is 0 Å². The third-order valence-corrected chi connectivity index (χ3v) is 5.24. The van der Waals surface area contributed by atoms with E-state index >= 15 is 0 Å². The molecule has 0 saturated carbocycles. The Kier molecular flexibility index (Phi) is 12.0. The lowest BCUT2D eigenvalue weighted by Gasteiger charge is -2.25. The molecule has 0 aliphatic heterocycles. The monoisotopic (exact) mass is 512 g/mol.